The maximum Gasteiger partial charge on any atom is 0.416 e. The fraction of sp³-hybridized carbons (Fsp3) is 0.278. The van der Waals surface area contributed by atoms with Gasteiger partial charge < -0.3 is 10.2 Å². The second kappa shape index (κ2) is 7.80. The van der Waals surface area contributed by atoms with E-state index in [0.717, 1.165) is 12.1 Å². The fourth-order valence-electron chi connectivity index (χ4n) is 2.82. The van der Waals surface area contributed by atoms with Crippen LogP contribution in [0.4, 0.5) is 23.7 Å². The summed E-state index contributed by atoms with van der Waals surface area (Å²) < 4.78 is 64.2. The number of hydrogen-bond donors (Lipinski definition) is 1. The highest BCUT2D eigenvalue weighted by molar-refractivity contribution is 7.89. The molecule has 0 bridgehead atoms. The van der Waals surface area contributed by atoms with Gasteiger partial charge in [0.05, 0.1) is 10.5 Å². The first-order valence-electron chi connectivity index (χ1n) is 8.46. The van der Waals surface area contributed by atoms with E-state index in [0.29, 0.717) is 0 Å². The molecule has 2 aromatic carbocycles. The Balaban J connectivity index is 1.58. The maximum atomic E-state index is 12.6. The van der Waals surface area contributed by atoms with E-state index in [4.69, 9.17) is 0 Å². The molecule has 0 radical (unpaired) electrons. The van der Waals surface area contributed by atoms with E-state index in [1.54, 1.807) is 18.2 Å². The van der Waals surface area contributed by atoms with Gasteiger partial charge in [0.2, 0.25) is 10.0 Å². The van der Waals surface area contributed by atoms with Crippen molar-refractivity contribution in [2.24, 2.45) is 0 Å². The van der Waals surface area contributed by atoms with Crippen LogP contribution < -0.4 is 5.32 Å². The molecular formula is C18H18F3N3O3S. The van der Waals surface area contributed by atoms with Gasteiger partial charge in [-0.2, -0.15) is 17.5 Å². The summed E-state index contributed by atoms with van der Waals surface area (Å²) in [5.74, 6) is 0. The molecular weight excluding hydrogens is 395 g/mol. The number of halogens is 3. The minimum absolute atomic E-state index is 0.137. The van der Waals surface area contributed by atoms with Crippen molar-refractivity contribution in [1.82, 2.24) is 9.21 Å². The molecule has 0 unspecified atom stereocenters. The van der Waals surface area contributed by atoms with Crippen molar-refractivity contribution in [2.75, 3.05) is 31.5 Å². The lowest BCUT2D eigenvalue weighted by molar-refractivity contribution is -0.137. The van der Waals surface area contributed by atoms with Crippen LogP contribution in [0.1, 0.15) is 5.56 Å². The summed E-state index contributed by atoms with van der Waals surface area (Å²) in [5, 5.41) is 2.53. The van der Waals surface area contributed by atoms with Crippen molar-refractivity contribution in [3.8, 4) is 0 Å². The third-order valence-electron chi connectivity index (χ3n) is 4.37. The highest BCUT2D eigenvalue weighted by Crippen LogP contribution is 2.29. The van der Waals surface area contributed by atoms with Gasteiger partial charge in [-0.1, -0.05) is 18.2 Å². The smallest absolute Gasteiger partial charge is 0.322 e. The Kier molecular flexibility index (Phi) is 5.61. The van der Waals surface area contributed by atoms with E-state index < -0.39 is 27.8 Å². The van der Waals surface area contributed by atoms with Gasteiger partial charge in [0.1, 0.15) is 0 Å². The first kappa shape index (κ1) is 20.2. The highest BCUT2D eigenvalue weighted by atomic mass is 32.2. The third-order valence-corrected chi connectivity index (χ3v) is 6.28. The van der Waals surface area contributed by atoms with Crippen LogP contribution in [-0.2, 0) is 16.2 Å². The van der Waals surface area contributed by atoms with Crippen LogP contribution in [0.15, 0.2) is 59.5 Å². The third kappa shape index (κ3) is 4.45. The zero-order valence-corrected chi connectivity index (χ0v) is 15.5. The number of alkyl halides is 3. The number of piperazine rings is 1. The van der Waals surface area contributed by atoms with E-state index in [1.807, 2.05) is 0 Å². The number of hydrogen-bond acceptors (Lipinski definition) is 3. The second-order valence-electron chi connectivity index (χ2n) is 6.21. The van der Waals surface area contributed by atoms with Gasteiger partial charge in [0.25, 0.3) is 0 Å². The minimum Gasteiger partial charge on any atom is -0.322 e. The largest absolute Gasteiger partial charge is 0.416 e. The first-order chi connectivity index (χ1) is 13.2. The molecule has 1 fully saturated rings. The molecule has 0 aromatic heterocycles. The van der Waals surface area contributed by atoms with Gasteiger partial charge in [-0.3, -0.25) is 0 Å². The maximum absolute atomic E-state index is 12.6. The summed E-state index contributed by atoms with van der Waals surface area (Å²) >= 11 is 0. The summed E-state index contributed by atoms with van der Waals surface area (Å²) in [4.78, 5) is 13.9. The lowest BCUT2D eigenvalue weighted by Crippen LogP contribution is -2.51. The van der Waals surface area contributed by atoms with Crippen LogP contribution >= 0.6 is 0 Å². The molecule has 0 aliphatic carbocycles. The zero-order chi connectivity index (χ0) is 20.4. The molecule has 6 nitrogen and oxygen atoms in total. The van der Waals surface area contributed by atoms with Gasteiger partial charge in [0.15, 0.2) is 0 Å². The van der Waals surface area contributed by atoms with Crippen LogP contribution in [0.3, 0.4) is 0 Å². The molecule has 10 heteroatoms. The normalized spacial score (nSPS) is 16.0. The Bertz CT molecular complexity index is 924. The molecule has 1 aliphatic rings. The Morgan fingerprint density at radius 3 is 2.00 bits per heavy atom. The Hall–Kier alpha value is -2.59. The molecule has 1 N–H and O–H groups in total. The summed E-state index contributed by atoms with van der Waals surface area (Å²) in [6.07, 6.45) is -4.44. The topological polar surface area (TPSA) is 69.7 Å². The molecule has 0 atom stereocenters. The number of urea groups is 1. The number of anilines is 1. The van der Waals surface area contributed by atoms with E-state index in [1.165, 1.54) is 33.5 Å². The first-order valence-corrected chi connectivity index (χ1v) is 9.90. The fourth-order valence-corrected chi connectivity index (χ4v) is 4.26. The molecule has 2 amide bonds. The second-order valence-corrected chi connectivity index (χ2v) is 8.15. The number of carbonyl (C=O) groups excluding carboxylic acids is 1. The van der Waals surface area contributed by atoms with Gasteiger partial charge in [0, 0.05) is 31.9 Å². The number of nitrogens with one attached hydrogen (secondary N) is 1. The van der Waals surface area contributed by atoms with Crippen LogP contribution in [-0.4, -0.2) is 49.8 Å². The Morgan fingerprint density at radius 2 is 1.46 bits per heavy atom. The number of rotatable bonds is 3. The number of sulfonamides is 1. The van der Waals surface area contributed by atoms with Crippen molar-refractivity contribution < 1.29 is 26.4 Å². The molecule has 28 heavy (non-hydrogen) atoms. The molecule has 3 rings (SSSR count). The van der Waals surface area contributed by atoms with Gasteiger partial charge in [-0.15, -0.1) is 0 Å². The van der Waals surface area contributed by atoms with Crippen LogP contribution in [0.2, 0.25) is 0 Å². The quantitative estimate of drug-likeness (QED) is 0.840. The molecule has 2 aromatic rings. The van der Waals surface area contributed by atoms with Crippen molar-refractivity contribution in [3.63, 3.8) is 0 Å². The molecule has 1 aliphatic heterocycles. The summed E-state index contributed by atoms with van der Waals surface area (Å²) in [5.41, 5.74) is -0.567. The predicted octanol–water partition coefficient (Wildman–Crippen LogP) is 3.24. The SMILES string of the molecule is O=C(Nc1ccc(C(F)(F)F)cc1)N1CCN(S(=O)(=O)c2ccccc2)CC1. The van der Waals surface area contributed by atoms with E-state index in [9.17, 15) is 26.4 Å². The average molecular weight is 413 g/mol. The van der Waals surface area contributed by atoms with Crippen molar-refractivity contribution in [1.29, 1.82) is 0 Å². The average Bonchev–Trinajstić information content (AvgIpc) is 2.68. The number of benzene rings is 2. The number of nitrogens with zero attached hydrogens (tertiary/aromatic N) is 2. The van der Waals surface area contributed by atoms with E-state index in [2.05, 4.69) is 5.32 Å². The number of carbonyl (C=O) groups is 1. The lowest BCUT2D eigenvalue weighted by atomic mass is 10.2. The monoisotopic (exact) mass is 413 g/mol. The summed E-state index contributed by atoms with van der Waals surface area (Å²) in [6, 6.07) is 11.7. The predicted molar refractivity (Wildman–Crippen MR) is 97.2 cm³/mol. The summed E-state index contributed by atoms with van der Waals surface area (Å²) in [6.45, 7) is 0.631. The van der Waals surface area contributed by atoms with Crippen molar-refractivity contribution >= 4 is 21.7 Å². The van der Waals surface area contributed by atoms with Crippen molar-refractivity contribution in [2.45, 2.75) is 11.1 Å². The van der Waals surface area contributed by atoms with Gasteiger partial charge in [-0.25, -0.2) is 13.2 Å². The van der Waals surface area contributed by atoms with E-state index >= 15 is 0 Å². The standard InChI is InChI=1S/C18H18F3N3O3S/c19-18(20,21)14-6-8-15(9-7-14)22-17(25)23-10-12-24(13-11-23)28(26,27)16-4-2-1-3-5-16/h1-9H,10-13H2,(H,22,25). The number of amides is 2. The van der Waals surface area contributed by atoms with Crippen LogP contribution in [0.25, 0.3) is 0 Å². The summed E-state index contributed by atoms with van der Waals surface area (Å²) in [7, 11) is -3.62. The molecule has 0 saturated carbocycles. The Morgan fingerprint density at radius 1 is 0.893 bits per heavy atom. The lowest BCUT2D eigenvalue weighted by Gasteiger charge is -2.34. The van der Waals surface area contributed by atoms with Crippen LogP contribution in [0.5, 0.6) is 0 Å². The van der Waals surface area contributed by atoms with Crippen LogP contribution in [0, 0.1) is 0 Å². The molecule has 0 spiro atoms. The highest BCUT2D eigenvalue weighted by Gasteiger charge is 2.31. The van der Waals surface area contributed by atoms with Gasteiger partial charge >= 0.3 is 12.2 Å². The molecule has 1 saturated heterocycles. The molecule has 1 heterocycles. The minimum atomic E-state index is -4.44. The Labute approximate surface area is 160 Å². The van der Waals surface area contributed by atoms with Crippen molar-refractivity contribution in [3.05, 3.63) is 60.2 Å². The van der Waals surface area contributed by atoms with E-state index in [-0.39, 0.29) is 36.8 Å². The van der Waals surface area contributed by atoms with Gasteiger partial charge in [-0.05, 0) is 36.4 Å². The molecule has 150 valence electrons. The zero-order valence-electron chi connectivity index (χ0n) is 14.7.